The van der Waals surface area contributed by atoms with Crippen LogP contribution in [0.2, 0.25) is 0 Å². The highest BCUT2D eigenvalue weighted by molar-refractivity contribution is 7.10. The summed E-state index contributed by atoms with van der Waals surface area (Å²) >= 11 is 1.80. The molecule has 0 saturated carbocycles. The topological polar surface area (TPSA) is 24.9 Å². The molecule has 0 aromatic carbocycles. The highest BCUT2D eigenvalue weighted by atomic mass is 32.1. The average molecular weight is 232 g/mol. The Bertz CT molecular complexity index is 420. The third-order valence-corrected chi connectivity index (χ3v) is 3.80. The van der Waals surface area contributed by atoms with Crippen LogP contribution in [0.4, 0.5) is 5.82 Å². The van der Waals surface area contributed by atoms with E-state index in [4.69, 9.17) is 0 Å². The van der Waals surface area contributed by atoms with Crippen molar-refractivity contribution in [1.29, 1.82) is 0 Å². The fourth-order valence-electron chi connectivity index (χ4n) is 1.53. The molecule has 0 atom stereocenters. The zero-order valence-electron chi connectivity index (χ0n) is 9.60. The minimum absolute atomic E-state index is 0.145. The molecule has 2 nitrogen and oxygen atoms in total. The molecule has 3 heteroatoms. The predicted molar refractivity (Wildman–Crippen MR) is 70.1 cm³/mol. The molecule has 0 aliphatic heterocycles. The normalized spacial score (nSPS) is 11.4. The van der Waals surface area contributed by atoms with E-state index >= 15 is 0 Å². The zero-order valence-corrected chi connectivity index (χ0v) is 10.4. The second-order valence-corrected chi connectivity index (χ2v) is 5.38. The van der Waals surface area contributed by atoms with E-state index < -0.39 is 0 Å². The van der Waals surface area contributed by atoms with Crippen molar-refractivity contribution in [3.63, 3.8) is 0 Å². The first-order chi connectivity index (χ1) is 7.68. The summed E-state index contributed by atoms with van der Waals surface area (Å²) in [6.45, 7) is 5.38. The van der Waals surface area contributed by atoms with E-state index in [0.717, 1.165) is 12.4 Å². The third-order valence-electron chi connectivity index (χ3n) is 2.56. The van der Waals surface area contributed by atoms with Gasteiger partial charge in [-0.25, -0.2) is 4.98 Å². The molecular formula is C13H16N2S. The van der Waals surface area contributed by atoms with Crippen molar-refractivity contribution in [2.24, 2.45) is 0 Å². The fourth-order valence-corrected chi connectivity index (χ4v) is 2.38. The quantitative estimate of drug-likeness (QED) is 0.872. The van der Waals surface area contributed by atoms with Gasteiger partial charge in [-0.1, -0.05) is 26.0 Å². The molecule has 0 saturated heterocycles. The van der Waals surface area contributed by atoms with Gasteiger partial charge in [-0.2, -0.15) is 0 Å². The molecule has 1 N–H and O–H groups in total. The summed E-state index contributed by atoms with van der Waals surface area (Å²) in [5.74, 6) is 0.937. The van der Waals surface area contributed by atoms with Crippen LogP contribution in [-0.2, 0) is 5.41 Å². The molecule has 0 spiro atoms. The Morgan fingerprint density at radius 3 is 2.75 bits per heavy atom. The molecule has 2 heterocycles. The summed E-state index contributed by atoms with van der Waals surface area (Å²) in [5, 5.41) is 5.49. The number of rotatable bonds is 4. The smallest absolute Gasteiger partial charge is 0.125 e. The second kappa shape index (κ2) is 4.66. The van der Waals surface area contributed by atoms with Gasteiger partial charge in [-0.3, -0.25) is 0 Å². The molecule has 0 unspecified atom stereocenters. The SMILES string of the molecule is CC(C)(CNc1ccccn1)c1cccs1. The fraction of sp³-hybridized carbons (Fsp3) is 0.308. The van der Waals surface area contributed by atoms with Gasteiger partial charge in [0.25, 0.3) is 0 Å². The second-order valence-electron chi connectivity index (χ2n) is 4.43. The van der Waals surface area contributed by atoms with E-state index in [1.165, 1.54) is 4.88 Å². The maximum Gasteiger partial charge on any atom is 0.125 e. The van der Waals surface area contributed by atoms with Gasteiger partial charge < -0.3 is 5.32 Å². The summed E-state index contributed by atoms with van der Waals surface area (Å²) in [4.78, 5) is 5.65. The summed E-state index contributed by atoms with van der Waals surface area (Å²) < 4.78 is 0. The van der Waals surface area contributed by atoms with Crippen LogP contribution in [0, 0.1) is 0 Å². The molecule has 2 aromatic rings. The minimum Gasteiger partial charge on any atom is -0.369 e. The Hall–Kier alpha value is -1.35. The minimum atomic E-state index is 0.145. The van der Waals surface area contributed by atoms with Crippen LogP contribution in [0.1, 0.15) is 18.7 Å². The van der Waals surface area contributed by atoms with E-state index in [1.54, 1.807) is 17.5 Å². The van der Waals surface area contributed by atoms with E-state index in [9.17, 15) is 0 Å². The number of anilines is 1. The Labute approximate surface area is 100 Å². The van der Waals surface area contributed by atoms with Crippen molar-refractivity contribution in [1.82, 2.24) is 4.98 Å². The monoisotopic (exact) mass is 232 g/mol. The largest absolute Gasteiger partial charge is 0.369 e. The Kier molecular flexibility index (Phi) is 3.25. The van der Waals surface area contributed by atoms with Crippen molar-refractivity contribution in [3.05, 3.63) is 46.8 Å². The molecule has 0 amide bonds. The lowest BCUT2D eigenvalue weighted by molar-refractivity contribution is 0.568. The highest BCUT2D eigenvalue weighted by Crippen LogP contribution is 2.27. The summed E-state index contributed by atoms with van der Waals surface area (Å²) in [6.07, 6.45) is 1.81. The van der Waals surface area contributed by atoms with Crippen LogP contribution >= 0.6 is 11.3 Å². The van der Waals surface area contributed by atoms with Crippen molar-refractivity contribution in [3.8, 4) is 0 Å². The van der Waals surface area contributed by atoms with Gasteiger partial charge >= 0.3 is 0 Å². The maximum absolute atomic E-state index is 4.26. The van der Waals surface area contributed by atoms with Gasteiger partial charge in [0.2, 0.25) is 0 Å². The Morgan fingerprint density at radius 1 is 1.25 bits per heavy atom. The Morgan fingerprint density at radius 2 is 2.12 bits per heavy atom. The van der Waals surface area contributed by atoms with Crippen LogP contribution in [0.3, 0.4) is 0 Å². The lowest BCUT2D eigenvalue weighted by Crippen LogP contribution is -2.26. The van der Waals surface area contributed by atoms with Gasteiger partial charge in [0.05, 0.1) is 0 Å². The number of nitrogens with one attached hydrogen (secondary N) is 1. The third kappa shape index (κ3) is 2.61. The van der Waals surface area contributed by atoms with Gasteiger partial charge in [-0.05, 0) is 23.6 Å². The van der Waals surface area contributed by atoms with Gasteiger partial charge in [-0.15, -0.1) is 11.3 Å². The summed E-state index contributed by atoms with van der Waals surface area (Å²) in [5.41, 5.74) is 0.145. The van der Waals surface area contributed by atoms with Gasteiger partial charge in [0.15, 0.2) is 0 Å². The van der Waals surface area contributed by atoms with E-state index in [2.05, 4.69) is 41.7 Å². The molecular weight excluding hydrogens is 216 g/mol. The van der Waals surface area contributed by atoms with Crippen LogP contribution in [0.25, 0.3) is 0 Å². The highest BCUT2D eigenvalue weighted by Gasteiger charge is 2.21. The van der Waals surface area contributed by atoms with Crippen LogP contribution in [0.15, 0.2) is 41.9 Å². The van der Waals surface area contributed by atoms with Crippen LogP contribution < -0.4 is 5.32 Å². The molecule has 2 aromatic heterocycles. The molecule has 2 rings (SSSR count). The molecule has 16 heavy (non-hydrogen) atoms. The maximum atomic E-state index is 4.26. The van der Waals surface area contributed by atoms with Crippen molar-refractivity contribution in [2.75, 3.05) is 11.9 Å². The number of thiophene rings is 1. The molecule has 0 fully saturated rings. The first-order valence-corrected chi connectivity index (χ1v) is 6.25. The van der Waals surface area contributed by atoms with Gasteiger partial charge in [0, 0.05) is 23.0 Å². The van der Waals surface area contributed by atoms with Crippen LogP contribution in [0.5, 0.6) is 0 Å². The van der Waals surface area contributed by atoms with E-state index in [0.29, 0.717) is 0 Å². The Balaban J connectivity index is 2.00. The lowest BCUT2D eigenvalue weighted by Gasteiger charge is -2.23. The predicted octanol–water partition coefficient (Wildman–Crippen LogP) is 3.53. The molecule has 0 aliphatic rings. The molecule has 0 aliphatic carbocycles. The van der Waals surface area contributed by atoms with Gasteiger partial charge in [0.1, 0.15) is 5.82 Å². The van der Waals surface area contributed by atoms with E-state index in [1.807, 2.05) is 18.2 Å². The number of aromatic nitrogens is 1. The number of hydrogen-bond donors (Lipinski definition) is 1. The summed E-state index contributed by atoms with van der Waals surface area (Å²) in [7, 11) is 0. The van der Waals surface area contributed by atoms with Crippen molar-refractivity contribution in [2.45, 2.75) is 19.3 Å². The number of hydrogen-bond acceptors (Lipinski definition) is 3. The molecule has 0 bridgehead atoms. The van der Waals surface area contributed by atoms with Crippen LogP contribution in [-0.4, -0.2) is 11.5 Å². The zero-order chi connectivity index (χ0) is 11.4. The van der Waals surface area contributed by atoms with Crippen molar-refractivity contribution >= 4 is 17.2 Å². The first-order valence-electron chi connectivity index (χ1n) is 5.37. The summed E-state index contributed by atoms with van der Waals surface area (Å²) in [6, 6.07) is 10.2. The average Bonchev–Trinajstić information content (AvgIpc) is 2.82. The standard InChI is InChI=1S/C13H16N2S/c1-13(2,11-6-5-9-16-11)10-15-12-7-3-4-8-14-12/h3-9H,10H2,1-2H3,(H,14,15). The number of pyridine rings is 1. The molecule has 84 valence electrons. The van der Waals surface area contributed by atoms with E-state index in [-0.39, 0.29) is 5.41 Å². The first kappa shape index (κ1) is 11.1. The number of nitrogens with zero attached hydrogens (tertiary/aromatic N) is 1. The lowest BCUT2D eigenvalue weighted by atomic mass is 9.91. The molecule has 0 radical (unpaired) electrons. The van der Waals surface area contributed by atoms with Crippen molar-refractivity contribution < 1.29 is 0 Å².